The minimum atomic E-state index is -1.56. The lowest BCUT2D eigenvalue weighted by Gasteiger charge is -2.25. The Kier molecular flexibility index (Phi) is 7.49. The lowest BCUT2D eigenvalue weighted by Crippen LogP contribution is -2.27. The number of nitrogens with two attached hydrogens (primary N) is 1. The molecule has 186 valence electrons. The van der Waals surface area contributed by atoms with Crippen LogP contribution in [0.1, 0.15) is 30.9 Å². The second-order valence-electron chi connectivity index (χ2n) is 8.16. The Morgan fingerprint density at radius 1 is 1.31 bits per heavy atom. The number of benzene rings is 2. The lowest BCUT2D eigenvalue weighted by molar-refractivity contribution is 0.220. The van der Waals surface area contributed by atoms with E-state index >= 15 is 4.39 Å². The van der Waals surface area contributed by atoms with Crippen LogP contribution in [0.25, 0.3) is 5.57 Å². The van der Waals surface area contributed by atoms with Gasteiger partial charge < -0.3 is 25.8 Å². The summed E-state index contributed by atoms with van der Waals surface area (Å²) >= 11 is 1.28. The van der Waals surface area contributed by atoms with Crippen LogP contribution in [-0.2, 0) is 4.74 Å². The zero-order valence-corrected chi connectivity index (χ0v) is 20.2. The molecule has 2 aromatic carbocycles. The van der Waals surface area contributed by atoms with E-state index in [1.807, 2.05) is 11.8 Å². The van der Waals surface area contributed by atoms with E-state index in [-0.39, 0.29) is 40.1 Å². The number of methoxy groups -OCH3 is 1. The van der Waals surface area contributed by atoms with Crippen LogP contribution < -0.4 is 16.0 Å². The standard InChI is InChI=1S/C25H27F3N4O2S/c1-3-30-25(35-13-32(15-7-8-15)20-6-4-5-19(29)24(20)28)17-11-18(26)16(12-21(17)33)14-9-22(27)31-23(10-14)34-2/h4-6,9-12,15,22,31,33H,3,7-8,13,29H2,1-2H3. The van der Waals surface area contributed by atoms with Gasteiger partial charge in [-0.15, -0.1) is 0 Å². The van der Waals surface area contributed by atoms with Crippen LogP contribution in [0.15, 0.2) is 53.4 Å². The smallest absolute Gasteiger partial charge is 0.192 e. The second kappa shape index (κ2) is 10.6. The van der Waals surface area contributed by atoms with Crippen molar-refractivity contribution in [2.45, 2.75) is 32.1 Å². The van der Waals surface area contributed by atoms with Crippen molar-refractivity contribution >= 4 is 33.8 Å². The van der Waals surface area contributed by atoms with Gasteiger partial charge in [0.15, 0.2) is 18.0 Å². The molecule has 0 aromatic heterocycles. The van der Waals surface area contributed by atoms with E-state index in [9.17, 15) is 13.9 Å². The Hall–Kier alpha value is -3.27. The number of phenols is 1. The number of nitrogens with one attached hydrogen (secondary N) is 1. The molecule has 1 aliphatic heterocycles. The van der Waals surface area contributed by atoms with Crippen LogP contribution in [0.2, 0.25) is 0 Å². The Labute approximate surface area is 206 Å². The molecule has 1 fully saturated rings. The molecule has 1 unspecified atom stereocenters. The SMILES string of the molecule is CCN=C(SCN(c1cccc(N)c1F)C1CC1)c1cc(F)c(C2=CC(F)NC(OC)=C2)cc1O. The highest BCUT2D eigenvalue weighted by Crippen LogP contribution is 2.37. The molecule has 6 nitrogen and oxygen atoms in total. The van der Waals surface area contributed by atoms with Crippen LogP contribution in [0, 0.1) is 11.6 Å². The third-order valence-corrected chi connectivity index (χ3v) is 6.72. The summed E-state index contributed by atoms with van der Waals surface area (Å²) in [5, 5.41) is 13.7. The van der Waals surface area contributed by atoms with Gasteiger partial charge in [0.2, 0.25) is 0 Å². The molecule has 1 saturated carbocycles. The molecule has 35 heavy (non-hydrogen) atoms. The molecule has 0 bridgehead atoms. The fourth-order valence-corrected chi connectivity index (χ4v) is 4.96. The maximum absolute atomic E-state index is 15.2. The van der Waals surface area contributed by atoms with Crippen molar-refractivity contribution in [2.24, 2.45) is 4.99 Å². The van der Waals surface area contributed by atoms with Gasteiger partial charge in [0.25, 0.3) is 0 Å². The number of nitrogens with zero attached hydrogens (tertiary/aromatic N) is 2. The highest BCUT2D eigenvalue weighted by atomic mass is 32.2. The van der Waals surface area contributed by atoms with Crippen LogP contribution >= 0.6 is 11.8 Å². The van der Waals surface area contributed by atoms with E-state index in [1.165, 1.54) is 49.2 Å². The second-order valence-corrected chi connectivity index (χ2v) is 9.10. The van der Waals surface area contributed by atoms with E-state index in [0.29, 0.717) is 23.2 Å². The van der Waals surface area contributed by atoms with Crippen LogP contribution in [0.5, 0.6) is 5.75 Å². The molecule has 0 radical (unpaired) electrons. The number of allylic oxidation sites excluding steroid dienone is 2. The molecule has 4 N–H and O–H groups in total. The van der Waals surface area contributed by atoms with Gasteiger partial charge >= 0.3 is 0 Å². The van der Waals surface area contributed by atoms with E-state index in [4.69, 9.17) is 10.5 Å². The Morgan fingerprint density at radius 3 is 2.77 bits per heavy atom. The van der Waals surface area contributed by atoms with E-state index < -0.39 is 17.9 Å². The highest BCUT2D eigenvalue weighted by Gasteiger charge is 2.32. The number of hydrogen-bond acceptors (Lipinski definition) is 7. The average Bonchev–Trinajstić information content (AvgIpc) is 3.67. The Balaban J connectivity index is 1.61. The summed E-state index contributed by atoms with van der Waals surface area (Å²) in [6.45, 7) is 2.23. The van der Waals surface area contributed by atoms with E-state index in [2.05, 4.69) is 10.3 Å². The van der Waals surface area contributed by atoms with Crippen LogP contribution in [0.4, 0.5) is 24.5 Å². The molecule has 10 heteroatoms. The number of aliphatic imine (C=N–C) groups is 1. The normalized spacial score (nSPS) is 18.0. The predicted molar refractivity (Wildman–Crippen MR) is 135 cm³/mol. The number of anilines is 2. The summed E-state index contributed by atoms with van der Waals surface area (Å²) in [5.41, 5.74) is 6.73. The third-order valence-electron chi connectivity index (χ3n) is 5.69. The molecule has 1 heterocycles. The minimum absolute atomic E-state index is 0.0345. The summed E-state index contributed by atoms with van der Waals surface area (Å²) in [6, 6.07) is 7.51. The number of halogens is 3. The van der Waals surface area contributed by atoms with Crippen molar-refractivity contribution in [1.29, 1.82) is 0 Å². The first-order valence-electron chi connectivity index (χ1n) is 11.2. The van der Waals surface area contributed by atoms with Gasteiger partial charge in [0.1, 0.15) is 16.6 Å². The zero-order valence-electron chi connectivity index (χ0n) is 19.4. The van der Waals surface area contributed by atoms with Gasteiger partial charge in [-0.1, -0.05) is 17.8 Å². The first-order valence-corrected chi connectivity index (χ1v) is 12.2. The average molecular weight is 505 g/mol. The zero-order chi connectivity index (χ0) is 25.1. The van der Waals surface area contributed by atoms with Gasteiger partial charge in [0, 0.05) is 24.2 Å². The number of ether oxygens (including phenoxy) is 1. The summed E-state index contributed by atoms with van der Waals surface area (Å²) in [5.74, 6) is -0.827. The van der Waals surface area contributed by atoms with Crippen molar-refractivity contribution in [3.63, 3.8) is 0 Å². The molecule has 4 rings (SSSR count). The van der Waals surface area contributed by atoms with Crippen molar-refractivity contribution in [3.8, 4) is 5.75 Å². The summed E-state index contributed by atoms with van der Waals surface area (Å²) < 4.78 is 48.9. The molecule has 0 spiro atoms. The number of aromatic hydroxyl groups is 1. The monoisotopic (exact) mass is 504 g/mol. The molecule has 2 aliphatic rings. The maximum Gasteiger partial charge on any atom is 0.192 e. The first kappa shape index (κ1) is 24.8. The Morgan fingerprint density at radius 2 is 2.09 bits per heavy atom. The topological polar surface area (TPSA) is 83.1 Å². The molecule has 2 aromatic rings. The third kappa shape index (κ3) is 5.53. The van der Waals surface area contributed by atoms with Gasteiger partial charge in [0.05, 0.1) is 29.9 Å². The van der Waals surface area contributed by atoms with Gasteiger partial charge in [-0.3, -0.25) is 4.99 Å². The number of nitrogen functional groups attached to an aromatic ring is 1. The van der Waals surface area contributed by atoms with Crippen LogP contribution in [-0.4, -0.2) is 42.0 Å². The number of rotatable bonds is 8. The summed E-state index contributed by atoms with van der Waals surface area (Å²) in [6.07, 6.45) is 2.96. The Bertz CT molecular complexity index is 1200. The van der Waals surface area contributed by atoms with Crippen molar-refractivity contribution in [1.82, 2.24) is 5.32 Å². The number of thioether (sulfide) groups is 1. The lowest BCUT2D eigenvalue weighted by atomic mass is 10.0. The predicted octanol–water partition coefficient (Wildman–Crippen LogP) is 5.15. The summed E-state index contributed by atoms with van der Waals surface area (Å²) in [4.78, 5) is 6.37. The van der Waals surface area contributed by atoms with E-state index in [0.717, 1.165) is 12.8 Å². The number of alkyl halides is 1. The van der Waals surface area contributed by atoms with Gasteiger partial charge in [-0.2, -0.15) is 0 Å². The van der Waals surface area contributed by atoms with Crippen LogP contribution in [0.3, 0.4) is 0 Å². The number of dihydropyridines is 1. The van der Waals surface area contributed by atoms with Gasteiger partial charge in [-0.05, 0) is 55.7 Å². The minimum Gasteiger partial charge on any atom is -0.507 e. The highest BCUT2D eigenvalue weighted by molar-refractivity contribution is 8.14. The fraction of sp³-hybridized carbons (Fsp3) is 0.320. The fourth-order valence-electron chi connectivity index (χ4n) is 3.81. The molecular formula is C25H27F3N4O2S. The molecule has 0 amide bonds. The molecule has 1 aliphatic carbocycles. The largest absolute Gasteiger partial charge is 0.507 e. The quantitative estimate of drug-likeness (QED) is 0.152. The van der Waals surface area contributed by atoms with Crippen molar-refractivity contribution in [3.05, 3.63) is 71.1 Å². The van der Waals surface area contributed by atoms with E-state index in [1.54, 1.807) is 12.1 Å². The number of hydrogen-bond donors (Lipinski definition) is 3. The number of phenolic OH excluding ortho intramolecular Hbond substituents is 1. The van der Waals surface area contributed by atoms with Crippen molar-refractivity contribution in [2.75, 3.05) is 30.2 Å². The van der Waals surface area contributed by atoms with Gasteiger partial charge in [-0.25, -0.2) is 13.2 Å². The molecular weight excluding hydrogens is 477 g/mol. The van der Waals surface area contributed by atoms with Crippen molar-refractivity contribution < 1.29 is 23.0 Å². The summed E-state index contributed by atoms with van der Waals surface area (Å²) in [7, 11) is 1.37. The first-order chi connectivity index (χ1) is 16.8. The molecule has 0 saturated heterocycles. The maximum atomic E-state index is 15.2. The molecule has 1 atom stereocenters.